The summed E-state index contributed by atoms with van der Waals surface area (Å²) in [6.07, 6.45) is 0.165. The Labute approximate surface area is 261 Å². The van der Waals surface area contributed by atoms with E-state index < -0.39 is 33.0 Å². The van der Waals surface area contributed by atoms with Crippen LogP contribution in [0, 0.1) is 0 Å². The van der Waals surface area contributed by atoms with E-state index in [1.165, 1.54) is 10.6 Å². The van der Waals surface area contributed by atoms with Crippen LogP contribution in [0.3, 0.4) is 0 Å². The molecule has 1 amide bonds. The molecule has 1 aromatic heterocycles. The van der Waals surface area contributed by atoms with Gasteiger partial charge in [0.1, 0.15) is 6.54 Å². The molecule has 232 valence electrons. The van der Waals surface area contributed by atoms with Crippen molar-refractivity contribution >= 4 is 55.7 Å². The number of fused-ring (bicyclic) bond motifs is 1. The normalized spacial score (nSPS) is 15.1. The molecule has 2 heterocycles. The zero-order valence-electron chi connectivity index (χ0n) is 23.0. The van der Waals surface area contributed by atoms with Crippen LogP contribution in [0.25, 0.3) is 10.9 Å². The summed E-state index contributed by atoms with van der Waals surface area (Å²) in [6.45, 7) is -1.03. The Balaban J connectivity index is 1.58. The summed E-state index contributed by atoms with van der Waals surface area (Å²) >= 11 is 12.3. The van der Waals surface area contributed by atoms with E-state index in [-0.39, 0.29) is 38.4 Å². The number of rotatable bonds is 8. The van der Waals surface area contributed by atoms with Crippen LogP contribution in [0.2, 0.25) is 10.0 Å². The number of aromatic nitrogens is 1. The maximum absolute atomic E-state index is 13.1. The van der Waals surface area contributed by atoms with Crippen LogP contribution >= 0.6 is 23.2 Å². The van der Waals surface area contributed by atoms with Crippen molar-refractivity contribution in [1.82, 2.24) is 8.87 Å². The van der Waals surface area contributed by atoms with Gasteiger partial charge in [0.25, 0.3) is 5.56 Å². The maximum atomic E-state index is 13.1. The zero-order valence-corrected chi connectivity index (χ0v) is 25.3. The van der Waals surface area contributed by atoms with Gasteiger partial charge in [0, 0.05) is 52.2 Å². The maximum Gasteiger partial charge on any atom is 0.511 e. The lowest BCUT2D eigenvalue weighted by molar-refractivity contribution is -0.118. The molecular weight excluding hydrogens is 640 g/mol. The van der Waals surface area contributed by atoms with Gasteiger partial charge < -0.3 is 11.1 Å². The van der Waals surface area contributed by atoms with Gasteiger partial charge in [-0.1, -0.05) is 53.5 Å². The summed E-state index contributed by atoms with van der Waals surface area (Å²) < 4.78 is 64.6. The van der Waals surface area contributed by atoms with E-state index in [2.05, 4.69) is 5.32 Å². The molecule has 0 radical (unpaired) electrons. The molecule has 0 aliphatic carbocycles. The van der Waals surface area contributed by atoms with Crippen LogP contribution in [0.15, 0.2) is 77.6 Å². The SMILES string of the molecule is NC(=O)Cn1c(=O)cc(NC2CCN(S(=O)(=O)C(F)(F)F)CC2)c2cc(C(c3ccc(Cl)cc3)c3ccc(Cl)cc3)ccc21. The molecule has 0 atom stereocenters. The molecule has 0 bridgehead atoms. The minimum atomic E-state index is -5.44. The molecule has 4 aromatic rings. The van der Waals surface area contributed by atoms with Gasteiger partial charge in [-0.3, -0.25) is 14.2 Å². The number of halogens is 5. The van der Waals surface area contributed by atoms with Gasteiger partial charge in [0.05, 0.1) is 5.52 Å². The number of benzene rings is 3. The van der Waals surface area contributed by atoms with Crippen LogP contribution in [0.4, 0.5) is 18.9 Å². The first kappa shape index (κ1) is 31.8. The monoisotopic (exact) mass is 666 g/mol. The average molecular weight is 668 g/mol. The van der Waals surface area contributed by atoms with Crippen molar-refractivity contribution in [3.8, 4) is 0 Å². The number of sulfonamides is 1. The van der Waals surface area contributed by atoms with Crippen molar-refractivity contribution in [1.29, 1.82) is 0 Å². The average Bonchev–Trinajstić information content (AvgIpc) is 2.97. The standard InChI is InChI=1S/C30H27Cl2F3N4O4S/c31-21-6-1-18(2-7-21)29(19-3-8-22(32)9-4-19)20-5-10-26-24(15-20)25(16-28(41)39(26)17-27(36)40)37-23-11-13-38(14-12-23)44(42,43)30(33,34)35/h1-10,15-16,23,29,37H,11-14,17H2,(H2,36,40). The van der Waals surface area contributed by atoms with Crippen LogP contribution < -0.4 is 16.6 Å². The Morgan fingerprint density at radius 3 is 1.93 bits per heavy atom. The fraction of sp³-hybridized carbons (Fsp3) is 0.267. The van der Waals surface area contributed by atoms with Crippen LogP contribution in [0.5, 0.6) is 0 Å². The first-order valence-corrected chi connectivity index (χ1v) is 15.7. The van der Waals surface area contributed by atoms with Crippen molar-refractivity contribution in [3.05, 3.63) is 110 Å². The summed E-state index contributed by atoms with van der Waals surface area (Å²) in [5.74, 6) is -0.995. The predicted octanol–water partition coefficient (Wildman–Crippen LogP) is 5.70. The van der Waals surface area contributed by atoms with E-state index >= 15 is 0 Å². The molecule has 44 heavy (non-hydrogen) atoms. The van der Waals surface area contributed by atoms with Gasteiger partial charge in [-0.15, -0.1) is 0 Å². The number of nitrogens with zero attached hydrogens (tertiary/aromatic N) is 2. The largest absolute Gasteiger partial charge is 0.511 e. The Hall–Kier alpha value is -3.58. The lowest BCUT2D eigenvalue weighted by Gasteiger charge is -2.32. The van der Waals surface area contributed by atoms with E-state index in [0.29, 0.717) is 30.9 Å². The summed E-state index contributed by atoms with van der Waals surface area (Å²) in [5.41, 5.74) is 3.06. The summed E-state index contributed by atoms with van der Waals surface area (Å²) in [7, 11) is -5.44. The highest BCUT2D eigenvalue weighted by atomic mass is 35.5. The zero-order chi connectivity index (χ0) is 31.8. The highest BCUT2D eigenvalue weighted by Crippen LogP contribution is 2.37. The molecule has 0 spiro atoms. The minimum Gasteiger partial charge on any atom is -0.382 e. The molecule has 5 rings (SSSR count). The lowest BCUT2D eigenvalue weighted by Crippen LogP contribution is -2.47. The molecule has 3 aromatic carbocycles. The summed E-state index contributed by atoms with van der Waals surface area (Å²) in [6, 6.07) is 21.1. The van der Waals surface area contributed by atoms with E-state index in [1.54, 1.807) is 30.3 Å². The molecule has 0 unspecified atom stereocenters. The Morgan fingerprint density at radius 1 is 0.909 bits per heavy atom. The smallest absolute Gasteiger partial charge is 0.382 e. The van der Waals surface area contributed by atoms with E-state index in [4.69, 9.17) is 28.9 Å². The molecule has 14 heteroatoms. The topological polar surface area (TPSA) is 114 Å². The number of pyridine rings is 1. The summed E-state index contributed by atoms with van der Waals surface area (Å²) in [4.78, 5) is 25.0. The number of anilines is 1. The first-order valence-electron chi connectivity index (χ1n) is 13.5. The lowest BCUT2D eigenvalue weighted by atomic mass is 9.84. The number of carbonyl (C=O) groups excluding carboxylic acids is 1. The van der Waals surface area contributed by atoms with Gasteiger partial charge in [-0.25, -0.2) is 8.42 Å². The number of nitrogens with two attached hydrogens (primary N) is 1. The molecule has 1 fully saturated rings. The fourth-order valence-corrected chi connectivity index (χ4v) is 6.75. The minimum absolute atomic E-state index is 0.0824. The van der Waals surface area contributed by atoms with Gasteiger partial charge in [-0.05, 0) is 65.9 Å². The van der Waals surface area contributed by atoms with Crippen molar-refractivity contribution in [3.63, 3.8) is 0 Å². The number of carbonyl (C=O) groups is 1. The molecule has 0 saturated carbocycles. The molecule has 1 aliphatic rings. The molecular formula is C30H27Cl2F3N4O4S. The molecule has 1 saturated heterocycles. The number of hydrogen-bond donors (Lipinski definition) is 2. The second-order valence-corrected chi connectivity index (χ2v) is 13.3. The van der Waals surface area contributed by atoms with E-state index in [0.717, 1.165) is 16.7 Å². The Kier molecular flexibility index (Phi) is 8.99. The van der Waals surface area contributed by atoms with Gasteiger partial charge >= 0.3 is 15.5 Å². The van der Waals surface area contributed by atoms with Gasteiger partial charge in [0.2, 0.25) is 5.91 Å². The third-order valence-corrected chi connectivity index (χ3v) is 9.77. The van der Waals surface area contributed by atoms with E-state index in [1.807, 2.05) is 36.4 Å². The van der Waals surface area contributed by atoms with E-state index in [9.17, 15) is 31.2 Å². The molecule has 1 aliphatic heterocycles. The first-order chi connectivity index (χ1) is 20.7. The quantitative estimate of drug-likeness (QED) is 0.234. The third kappa shape index (κ3) is 6.58. The molecule has 8 nitrogen and oxygen atoms in total. The number of amides is 1. The third-order valence-electron chi connectivity index (χ3n) is 7.64. The van der Waals surface area contributed by atoms with Gasteiger partial charge in [-0.2, -0.15) is 17.5 Å². The highest BCUT2D eigenvalue weighted by molar-refractivity contribution is 7.90. The Bertz CT molecular complexity index is 1810. The van der Waals surface area contributed by atoms with Crippen molar-refractivity contribution in [2.24, 2.45) is 5.73 Å². The van der Waals surface area contributed by atoms with Gasteiger partial charge in [0.15, 0.2) is 0 Å². The predicted molar refractivity (Wildman–Crippen MR) is 164 cm³/mol. The van der Waals surface area contributed by atoms with Crippen molar-refractivity contribution in [2.45, 2.75) is 36.9 Å². The second-order valence-electron chi connectivity index (χ2n) is 10.5. The second kappa shape index (κ2) is 12.4. The number of primary amides is 1. The fourth-order valence-electron chi connectivity index (χ4n) is 5.52. The van der Waals surface area contributed by atoms with Crippen LogP contribution in [0.1, 0.15) is 35.4 Å². The Morgan fingerprint density at radius 2 is 1.43 bits per heavy atom. The number of hydrogen-bond acceptors (Lipinski definition) is 5. The van der Waals surface area contributed by atoms with Crippen molar-refractivity contribution < 1.29 is 26.4 Å². The van der Waals surface area contributed by atoms with Crippen LogP contribution in [-0.2, 0) is 21.4 Å². The molecule has 3 N–H and O–H groups in total. The van der Waals surface area contributed by atoms with Crippen LogP contribution in [-0.4, -0.2) is 47.8 Å². The number of nitrogens with one attached hydrogen (secondary N) is 1. The van der Waals surface area contributed by atoms with Crippen molar-refractivity contribution in [2.75, 3.05) is 18.4 Å². The number of piperidine rings is 1. The highest BCUT2D eigenvalue weighted by Gasteiger charge is 2.50. The summed E-state index contributed by atoms with van der Waals surface area (Å²) in [5, 5.41) is 4.96. The number of alkyl halides is 3.